The fourth-order valence-electron chi connectivity index (χ4n) is 7.44. The molecule has 0 atom stereocenters. The maximum absolute atomic E-state index is 9.09. The number of amidine groups is 1. The fourth-order valence-corrected chi connectivity index (χ4v) is 7.44. The topological polar surface area (TPSA) is 95.5 Å². The molecular weight excluding hydrogens is 645 g/mol. The van der Waals surface area contributed by atoms with Crippen LogP contribution >= 0.6 is 0 Å². The summed E-state index contributed by atoms with van der Waals surface area (Å²) in [6.45, 7) is 0. The molecule has 0 aliphatic carbocycles. The minimum absolute atomic E-state index is 0.232. The molecule has 1 aliphatic heterocycles. The van der Waals surface area contributed by atoms with Crippen molar-refractivity contribution < 1.29 is 14.2 Å². The second kappa shape index (κ2) is 12.5. The molecule has 0 amide bonds. The fraction of sp³-hybridized carbons (Fsp3) is 0.0667. The van der Waals surface area contributed by atoms with Crippen molar-refractivity contribution in [1.29, 1.82) is 5.41 Å². The molecule has 9 rings (SSSR count). The maximum atomic E-state index is 9.09. The van der Waals surface area contributed by atoms with Crippen LogP contribution in [0.3, 0.4) is 0 Å². The third-order valence-corrected chi connectivity index (χ3v) is 9.99. The average molecular weight is 679 g/mol. The lowest BCUT2D eigenvalue weighted by molar-refractivity contribution is 0.414. The predicted octanol–water partition coefficient (Wildman–Crippen LogP) is 10.5. The van der Waals surface area contributed by atoms with Crippen molar-refractivity contribution in [2.75, 3.05) is 21.3 Å². The molecule has 2 aromatic heterocycles. The standard InChI is InChI=1S/C45H34N4O3/c1-50-29-18-12-26(13-19-29)40-32-8-4-6-10-34(32)43(47-40)36-24-25-37-39(42(49-45(37)46)28-16-22-31(52-3)23-17-28)38(36)44-35-11-7-5-9-33(35)41(48-44)27-14-20-30(51-2)21-15-27/h4-25,46-48H,1-3H3. The zero-order valence-electron chi connectivity index (χ0n) is 28.9. The van der Waals surface area contributed by atoms with Crippen LogP contribution in [-0.4, -0.2) is 42.8 Å². The number of rotatable bonds is 8. The van der Waals surface area contributed by atoms with Crippen molar-refractivity contribution in [2.45, 2.75) is 0 Å². The van der Waals surface area contributed by atoms with E-state index in [-0.39, 0.29) is 5.84 Å². The van der Waals surface area contributed by atoms with Crippen LogP contribution in [-0.2, 0) is 0 Å². The van der Waals surface area contributed by atoms with Crippen LogP contribution in [0.1, 0.15) is 16.7 Å². The quantitative estimate of drug-likeness (QED) is 0.149. The van der Waals surface area contributed by atoms with Crippen LogP contribution in [0.25, 0.3) is 66.6 Å². The van der Waals surface area contributed by atoms with Gasteiger partial charge in [0.1, 0.15) is 17.2 Å². The molecule has 3 N–H and O–H groups in total. The molecule has 7 nitrogen and oxygen atoms in total. The summed E-state index contributed by atoms with van der Waals surface area (Å²) < 4.78 is 16.4. The van der Waals surface area contributed by atoms with Crippen molar-refractivity contribution in [3.8, 4) is 62.3 Å². The van der Waals surface area contributed by atoms with E-state index in [1.165, 1.54) is 0 Å². The van der Waals surface area contributed by atoms with Gasteiger partial charge >= 0.3 is 0 Å². The minimum Gasteiger partial charge on any atom is -0.497 e. The first-order valence-electron chi connectivity index (χ1n) is 17.1. The van der Waals surface area contributed by atoms with Gasteiger partial charge in [0, 0.05) is 49.4 Å². The van der Waals surface area contributed by atoms with Crippen molar-refractivity contribution in [1.82, 2.24) is 9.97 Å². The van der Waals surface area contributed by atoms with Gasteiger partial charge in [0.25, 0.3) is 0 Å². The monoisotopic (exact) mass is 678 g/mol. The van der Waals surface area contributed by atoms with Crippen LogP contribution in [0, 0.1) is 5.41 Å². The normalized spacial score (nSPS) is 12.3. The number of aromatic amines is 2. The van der Waals surface area contributed by atoms with E-state index >= 15 is 0 Å². The number of nitrogens with zero attached hydrogens (tertiary/aromatic N) is 1. The summed E-state index contributed by atoms with van der Waals surface area (Å²) in [7, 11) is 5.02. The molecule has 8 aromatic rings. The maximum Gasteiger partial charge on any atom is 0.153 e. The first-order valence-corrected chi connectivity index (χ1v) is 17.1. The van der Waals surface area contributed by atoms with Gasteiger partial charge in [-0.1, -0.05) is 54.6 Å². The smallest absolute Gasteiger partial charge is 0.153 e. The number of fused-ring (bicyclic) bond motifs is 3. The van der Waals surface area contributed by atoms with Gasteiger partial charge in [-0.3, -0.25) is 5.41 Å². The number of aromatic nitrogens is 2. The van der Waals surface area contributed by atoms with Crippen molar-refractivity contribution in [3.05, 3.63) is 150 Å². The van der Waals surface area contributed by atoms with E-state index in [1.807, 2.05) is 54.6 Å². The highest BCUT2D eigenvalue weighted by molar-refractivity contribution is 6.32. The van der Waals surface area contributed by atoms with Crippen molar-refractivity contribution in [3.63, 3.8) is 0 Å². The molecule has 252 valence electrons. The van der Waals surface area contributed by atoms with Gasteiger partial charge in [0.2, 0.25) is 0 Å². The Labute approximate surface area is 300 Å². The summed E-state index contributed by atoms with van der Waals surface area (Å²) in [5.74, 6) is 2.60. The number of ether oxygens (including phenoxy) is 3. The molecule has 7 heteroatoms. The predicted molar refractivity (Wildman–Crippen MR) is 210 cm³/mol. The summed E-state index contributed by atoms with van der Waals surface area (Å²) in [4.78, 5) is 12.7. The van der Waals surface area contributed by atoms with Crippen LogP contribution < -0.4 is 14.2 Å². The Balaban J connectivity index is 1.36. The van der Waals surface area contributed by atoms with Crippen LogP contribution in [0.5, 0.6) is 17.2 Å². The third kappa shape index (κ3) is 4.97. The lowest BCUT2D eigenvalue weighted by Gasteiger charge is -2.16. The molecule has 1 aliphatic rings. The highest BCUT2D eigenvalue weighted by Gasteiger charge is 2.31. The minimum atomic E-state index is 0.232. The summed E-state index contributed by atoms with van der Waals surface area (Å²) in [5, 5.41) is 13.5. The third-order valence-electron chi connectivity index (χ3n) is 9.99. The zero-order valence-corrected chi connectivity index (χ0v) is 28.9. The van der Waals surface area contributed by atoms with Crippen molar-refractivity contribution in [2.24, 2.45) is 4.99 Å². The number of nitrogens with one attached hydrogen (secondary N) is 3. The highest BCUT2D eigenvalue weighted by atomic mass is 16.5. The van der Waals surface area contributed by atoms with Gasteiger partial charge in [0.15, 0.2) is 5.84 Å². The van der Waals surface area contributed by atoms with E-state index in [1.54, 1.807) is 21.3 Å². The summed E-state index contributed by atoms with van der Waals surface area (Å²) in [5.41, 5.74) is 11.4. The van der Waals surface area contributed by atoms with Crippen LogP contribution in [0.2, 0.25) is 0 Å². The molecule has 0 bridgehead atoms. The van der Waals surface area contributed by atoms with Crippen LogP contribution in [0.15, 0.2) is 138 Å². The van der Waals surface area contributed by atoms with Gasteiger partial charge in [-0.2, -0.15) is 0 Å². The lowest BCUT2D eigenvalue weighted by atomic mass is 9.87. The summed E-state index contributed by atoms with van der Waals surface area (Å²) >= 11 is 0. The summed E-state index contributed by atoms with van der Waals surface area (Å²) in [6.07, 6.45) is 0. The van der Waals surface area contributed by atoms with E-state index < -0.39 is 0 Å². The Morgan fingerprint density at radius 3 is 1.31 bits per heavy atom. The Bertz CT molecular complexity index is 2680. The molecular formula is C45H34N4O3. The van der Waals surface area contributed by atoms with E-state index in [2.05, 4.69) is 88.8 Å². The van der Waals surface area contributed by atoms with E-state index in [0.717, 1.165) is 106 Å². The van der Waals surface area contributed by atoms with Gasteiger partial charge in [0.05, 0.1) is 49.8 Å². The highest BCUT2D eigenvalue weighted by Crippen LogP contribution is 2.47. The molecule has 0 unspecified atom stereocenters. The Morgan fingerprint density at radius 2 is 0.827 bits per heavy atom. The van der Waals surface area contributed by atoms with E-state index in [9.17, 15) is 0 Å². The second-order valence-electron chi connectivity index (χ2n) is 12.7. The van der Waals surface area contributed by atoms with E-state index in [4.69, 9.17) is 24.6 Å². The average Bonchev–Trinajstić information content (AvgIpc) is 3.89. The molecule has 0 saturated carbocycles. The molecule has 52 heavy (non-hydrogen) atoms. The lowest BCUT2D eigenvalue weighted by Crippen LogP contribution is -2.06. The number of methoxy groups -OCH3 is 3. The molecule has 0 spiro atoms. The molecule has 0 radical (unpaired) electrons. The van der Waals surface area contributed by atoms with Crippen molar-refractivity contribution >= 4 is 33.1 Å². The molecule has 0 fully saturated rings. The van der Waals surface area contributed by atoms with Gasteiger partial charge in [-0.25, -0.2) is 4.99 Å². The number of hydrogen-bond acceptors (Lipinski definition) is 4. The Morgan fingerprint density at radius 1 is 0.423 bits per heavy atom. The Kier molecular flexibility index (Phi) is 7.47. The van der Waals surface area contributed by atoms with E-state index in [0.29, 0.717) is 0 Å². The molecule has 3 heterocycles. The molecule has 0 saturated heterocycles. The first-order chi connectivity index (χ1) is 25.6. The van der Waals surface area contributed by atoms with Crippen LogP contribution in [0.4, 0.5) is 0 Å². The number of hydrogen-bond donors (Lipinski definition) is 3. The summed E-state index contributed by atoms with van der Waals surface area (Å²) in [6, 6.07) is 45.3. The Hall–Kier alpha value is -6.86. The number of aliphatic imine (C=N–C) groups is 1. The van der Waals surface area contributed by atoms with Gasteiger partial charge in [-0.05, 0) is 90.0 Å². The molecule has 6 aromatic carbocycles. The second-order valence-corrected chi connectivity index (χ2v) is 12.7. The largest absolute Gasteiger partial charge is 0.497 e. The number of benzene rings is 6. The van der Waals surface area contributed by atoms with Gasteiger partial charge in [-0.15, -0.1) is 0 Å². The zero-order chi connectivity index (χ0) is 35.3. The van der Waals surface area contributed by atoms with Gasteiger partial charge < -0.3 is 24.2 Å². The SMILES string of the molecule is COc1ccc(C2=NC(=N)c3ccc(-c4[nH]c(-c5ccc(OC)cc5)c5ccccc45)c(-c4[nH]c(-c5ccc(OC)cc5)c5ccccc45)c32)cc1. The first kappa shape index (κ1) is 31.1. The number of H-pyrrole nitrogens is 2.